The summed E-state index contributed by atoms with van der Waals surface area (Å²) in [6.45, 7) is 1.16. The lowest BCUT2D eigenvalue weighted by Crippen LogP contribution is -2.23. The molecule has 2 rings (SSSR count). The summed E-state index contributed by atoms with van der Waals surface area (Å²) in [5.41, 5.74) is 2.03. The Kier molecular flexibility index (Phi) is 4.23. The SMILES string of the molecule is OCC(O)CNc1ccccc1NCC1CC1. The molecule has 1 aliphatic rings. The second kappa shape index (κ2) is 5.89. The van der Waals surface area contributed by atoms with Crippen LogP contribution in [0.15, 0.2) is 24.3 Å². The van der Waals surface area contributed by atoms with E-state index in [1.165, 1.54) is 12.8 Å². The average Bonchev–Trinajstić information content (AvgIpc) is 3.18. The molecule has 0 radical (unpaired) electrons. The number of benzene rings is 1. The lowest BCUT2D eigenvalue weighted by atomic mass is 10.2. The summed E-state index contributed by atoms with van der Waals surface area (Å²) >= 11 is 0. The number of hydrogen-bond acceptors (Lipinski definition) is 4. The van der Waals surface area contributed by atoms with Crippen molar-refractivity contribution in [3.05, 3.63) is 24.3 Å². The van der Waals surface area contributed by atoms with E-state index >= 15 is 0 Å². The second-order valence-corrected chi connectivity index (χ2v) is 4.59. The van der Waals surface area contributed by atoms with Crippen molar-refractivity contribution in [2.75, 3.05) is 30.3 Å². The molecule has 1 aliphatic carbocycles. The highest BCUT2D eigenvalue weighted by molar-refractivity contribution is 5.68. The fourth-order valence-electron chi connectivity index (χ4n) is 1.66. The number of rotatable bonds is 7. The standard InChI is InChI=1S/C13H20N2O2/c16-9-11(17)8-15-13-4-2-1-3-12(13)14-7-10-5-6-10/h1-4,10-11,14-17H,5-9H2. The maximum Gasteiger partial charge on any atom is 0.0942 e. The van der Waals surface area contributed by atoms with Gasteiger partial charge in [0.05, 0.1) is 24.1 Å². The minimum Gasteiger partial charge on any atom is -0.394 e. The Balaban J connectivity index is 1.89. The van der Waals surface area contributed by atoms with Gasteiger partial charge in [-0.3, -0.25) is 0 Å². The zero-order chi connectivity index (χ0) is 12.1. The molecular weight excluding hydrogens is 216 g/mol. The topological polar surface area (TPSA) is 64.5 Å². The number of aliphatic hydroxyl groups is 2. The van der Waals surface area contributed by atoms with E-state index in [1.807, 2.05) is 24.3 Å². The van der Waals surface area contributed by atoms with E-state index in [9.17, 15) is 5.11 Å². The van der Waals surface area contributed by atoms with E-state index in [4.69, 9.17) is 5.11 Å². The third kappa shape index (κ3) is 3.91. The van der Waals surface area contributed by atoms with Gasteiger partial charge in [0.1, 0.15) is 0 Å². The van der Waals surface area contributed by atoms with Gasteiger partial charge in [0.25, 0.3) is 0 Å². The van der Waals surface area contributed by atoms with Crippen molar-refractivity contribution in [1.29, 1.82) is 0 Å². The molecule has 0 saturated heterocycles. The fourth-order valence-corrected chi connectivity index (χ4v) is 1.66. The van der Waals surface area contributed by atoms with Crippen LogP contribution in [0.25, 0.3) is 0 Å². The summed E-state index contributed by atoms with van der Waals surface area (Å²) in [4.78, 5) is 0. The molecule has 1 atom stereocenters. The Morgan fingerprint density at radius 1 is 1.18 bits per heavy atom. The first-order chi connectivity index (χ1) is 8.29. The van der Waals surface area contributed by atoms with Crippen LogP contribution in [0.5, 0.6) is 0 Å². The van der Waals surface area contributed by atoms with Crippen LogP contribution in [0, 0.1) is 5.92 Å². The number of hydrogen-bond donors (Lipinski definition) is 4. The minimum absolute atomic E-state index is 0.218. The van der Waals surface area contributed by atoms with E-state index in [0.29, 0.717) is 6.54 Å². The molecule has 0 bridgehead atoms. The Morgan fingerprint density at radius 2 is 1.82 bits per heavy atom. The fraction of sp³-hybridized carbons (Fsp3) is 0.538. The van der Waals surface area contributed by atoms with E-state index in [0.717, 1.165) is 23.8 Å². The second-order valence-electron chi connectivity index (χ2n) is 4.59. The third-order valence-electron chi connectivity index (χ3n) is 2.94. The summed E-state index contributed by atoms with van der Waals surface area (Å²) in [5.74, 6) is 0.825. The van der Waals surface area contributed by atoms with Gasteiger partial charge in [0.2, 0.25) is 0 Å². The smallest absolute Gasteiger partial charge is 0.0942 e. The Hall–Kier alpha value is -1.26. The van der Waals surface area contributed by atoms with Gasteiger partial charge in [-0.25, -0.2) is 0 Å². The molecule has 4 heteroatoms. The van der Waals surface area contributed by atoms with Crippen LogP contribution in [0.1, 0.15) is 12.8 Å². The summed E-state index contributed by atoms with van der Waals surface area (Å²) in [6.07, 6.45) is 1.93. The van der Waals surface area contributed by atoms with E-state index in [2.05, 4.69) is 10.6 Å². The molecule has 0 aliphatic heterocycles. The summed E-state index contributed by atoms with van der Waals surface area (Å²) in [5, 5.41) is 24.6. The van der Waals surface area contributed by atoms with Gasteiger partial charge in [0, 0.05) is 13.1 Å². The van der Waals surface area contributed by atoms with Crippen molar-refractivity contribution in [3.8, 4) is 0 Å². The number of para-hydroxylation sites is 2. The number of anilines is 2. The van der Waals surface area contributed by atoms with Gasteiger partial charge in [0.15, 0.2) is 0 Å². The third-order valence-corrected chi connectivity index (χ3v) is 2.94. The largest absolute Gasteiger partial charge is 0.394 e. The molecule has 94 valence electrons. The van der Waals surface area contributed by atoms with Crippen LogP contribution < -0.4 is 10.6 Å². The van der Waals surface area contributed by atoms with Gasteiger partial charge in [-0.05, 0) is 30.9 Å². The Bertz CT molecular complexity index is 353. The summed E-state index contributed by atoms with van der Waals surface area (Å²) in [6, 6.07) is 7.94. The maximum absolute atomic E-state index is 9.31. The lowest BCUT2D eigenvalue weighted by Gasteiger charge is -2.15. The van der Waals surface area contributed by atoms with Crippen molar-refractivity contribution in [2.45, 2.75) is 18.9 Å². The van der Waals surface area contributed by atoms with E-state index in [-0.39, 0.29) is 6.61 Å². The van der Waals surface area contributed by atoms with E-state index < -0.39 is 6.10 Å². The van der Waals surface area contributed by atoms with Crippen molar-refractivity contribution in [2.24, 2.45) is 5.92 Å². The molecule has 0 amide bonds. The first-order valence-corrected chi connectivity index (χ1v) is 6.15. The molecule has 0 spiro atoms. The lowest BCUT2D eigenvalue weighted by molar-refractivity contribution is 0.105. The molecule has 0 aromatic heterocycles. The molecule has 4 nitrogen and oxygen atoms in total. The molecule has 17 heavy (non-hydrogen) atoms. The Labute approximate surface area is 102 Å². The average molecular weight is 236 g/mol. The van der Waals surface area contributed by atoms with Gasteiger partial charge in [-0.15, -0.1) is 0 Å². The van der Waals surface area contributed by atoms with Crippen LogP contribution in [0.2, 0.25) is 0 Å². The van der Waals surface area contributed by atoms with Crippen LogP contribution in [-0.4, -0.2) is 36.0 Å². The van der Waals surface area contributed by atoms with Crippen molar-refractivity contribution >= 4 is 11.4 Å². The number of nitrogens with one attached hydrogen (secondary N) is 2. The first-order valence-electron chi connectivity index (χ1n) is 6.15. The molecule has 0 heterocycles. The molecule has 1 unspecified atom stereocenters. The normalized spacial score (nSPS) is 16.6. The van der Waals surface area contributed by atoms with Crippen molar-refractivity contribution < 1.29 is 10.2 Å². The van der Waals surface area contributed by atoms with Gasteiger partial charge in [-0.1, -0.05) is 12.1 Å². The van der Waals surface area contributed by atoms with Gasteiger partial charge in [-0.2, -0.15) is 0 Å². The zero-order valence-corrected chi connectivity index (χ0v) is 9.89. The molecule has 4 N–H and O–H groups in total. The highest BCUT2D eigenvalue weighted by atomic mass is 16.3. The van der Waals surface area contributed by atoms with Crippen LogP contribution in [0.4, 0.5) is 11.4 Å². The Morgan fingerprint density at radius 3 is 2.41 bits per heavy atom. The maximum atomic E-state index is 9.31. The van der Waals surface area contributed by atoms with Crippen LogP contribution in [0.3, 0.4) is 0 Å². The highest BCUT2D eigenvalue weighted by Crippen LogP contribution is 2.30. The minimum atomic E-state index is -0.716. The van der Waals surface area contributed by atoms with Crippen molar-refractivity contribution in [1.82, 2.24) is 0 Å². The first kappa shape index (κ1) is 12.2. The zero-order valence-electron chi connectivity index (χ0n) is 9.89. The van der Waals surface area contributed by atoms with Crippen LogP contribution in [-0.2, 0) is 0 Å². The van der Waals surface area contributed by atoms with E-state index in [1.54, 1.807) is 0 Å². The molecule has 1 fully saturated rings. The molecule has 1 aromatic rings. The highest BCUT2D eigenvalue weighted by Gasteiger charge is 2.20. The summed E-state index contributed by atoms with van der Waals surface area (Å²) < 4.78 is 0. The van der Waals surface area contributed by atoms with Crippen molar-refractivity contribution in [3.63, 3.8) is 0 Å². The van der Waals surface area contributed by atoms with Crippen LogP contribution >= 0.6 is 0 Å². The molecule has 1 aromatic carbocycles. The predicted octanol–water partition coefficient (Wildman–Crippen LogP) is 1.27. The number of aliphatic hydroxyl groups excluding tert-OH is 2. The predicted molar refractivity (Wildman–Crippen MR) is 69.2 cm³/mol. The van der Waals surface area contributed by atoms with Gasteiger partial charge < -0.3 is 20.8 Å². The van der Waals surface area contributed by atoms with Gasteiger partial charge >= 0.3 is 0 Å². The molecule has 1 saturated carbocycles. The summed E-state index contributed by atoms with van der Waals surface area (Å²) in [7, 11) is 0. The monoisotopic (exact) mass is 236 g/mol. The molecular formula is C13H20N2O2. The quantitative estimate of drug-likeness (QED) is 0.576.